The highest BCUT2D eigenvalue weighted by atomic mass is 19.4. The second-order valence-corrected chi connectivity index (χ2v) is 6.10. The first-order valence-corrected chi connectivity index (χ1v) is 8.11. The second-order valence-electron chi connectivity index (χ2n) is 6.10. The minimum absolute atomic E-state index is 0.215. The lowest BCUT2D eigenvalue weighted by atomic mass is 9.91. The molecule has 5 heteroatoms. The predicted octanol–water partition coefficient (Wildman–Crippen LogP) is 6.06. The van der Waals surface area contributed by atoms with Crippen molar-refractivity contribution in [3.05, 3.63) is 53.1 Å². The Bertz CT molecular complexity index is 707. The van der Waals surface area contributed by atoms with Gasteiger partial charge in [0.1, 0.15) is 5.82 Å². The lowest BCUT2D eigenvalue weighted by Crippen LogP contribution is -2.11. The molecule has 1 aromatic carbocycles. The summed E-state index contributed by atoms with van der Waals surface area (Å²) in [5.41, 5.74) is 1.20. The summed E-state index contributed by atoms with van der Waals surface area (Å²) in [6.07, 6.45) is -1.39. The van der Waals surface area contributed by atoms with Crippen LogP contribution in [0.4, 0.5) is 17.6 Å². The summed E-state index contributed by atoms with van der Waals surface area (Å²) in [4.78, 5) is 3.27. The highest BCUT2D eigenvalue weighted by Gasteiger charge is 2.36. The van der Waals surface area contributed by atoms with Gasteiger partial charge in [0.2, 0.25) is 0 Å². The third-order valence-electron chi connectivity index (χ3n) is 4.29. The summed E-state index contributed by atoms with van der Waals surface area (Å²) in [6.45, 7) is 6.22. The molecule has 1 atom stereocenters. The monoisotopic (exact) mass is 339 g/mol. The Morgan fingerprint density at radius 3 is 2.38 bits per heavy atom. The molecule has 0 saturated carbocycles. The van der Waals surface area contributed by atoms with Crippen LogP contribution in [0.5, 0.6) is 0 Å². The Balaban J connectivity index is 2.52. The predicted molar refractivity (Wildman–Crippen MR) is 87.2 cm³/mol. The summed E-state index contributed by atoms with van der Waals surface area (Å²) in [7, 11) is 0. The van der Waals surface area contributed by atoms with E-state index in [0.717, 1.165) is 30.0 Å². The van der Waals surface area contributed by atoms with E-state index in [-0.39, 0.29) is 5.56 Å². The van der Waals surface area contributed by atoms with Gasteiger partial charge in [0, 0.05) is 5.56 Å². The Morgan fingerprint density at radius 2 is 1.79 bits per heavy atom. The number of benzene rings is 1. The van der Waals surface area contributed by atoms with Crippen LogP contribution in [0.15, 0.2) is 30.5 Å². The van der Waals surface area contributed by atoms with Crippen LogP contribution < -0.4 is 0 Å². The van der Waals surface area contributed by atoms with E-state index in [2.05, 4.69) is 18.8 Å². The van der Waals surface area contributed by atoms with Gasteiger partial charge in [-0.2, -0.15) is 13.2 Å². The van der Waals surface area contributed by atoms with E-state index in [0.29, 0.717) is 24.1 Å². The van der Waals surface area contributed by atoms with Gasteiger partial charge < -0.3 is 0 Å². The number of nitrogens with zero attached hydrogens (tertiary/aromatic N) is 1. The lowest BCUT2D eigenvalue weighted by Gasteiger charge is -2.16. The molecule has 130 valence electrons. The van der Waals surface area contributed by atoms with E-state index in [1.807, 2.05) is 13.0 Å². The maximum Gasteiger partial charge on any atom is 0.433 e. The van der Waals surface area contributed by atoms with Gasteiger partial charge in [-0.15, -0.1) is 0 Å². The third-order valence-corrected chi connectivity index (χ3v) is 4.29. The number of pyridine rings is 1. The molecular formula is C19H21F4N. The Morgan fingerprint density at radius 1 is 1.08 bits per heavy atom. The molecule has 0 radical (unpaired) electrons. The van der Waals surface area contributed by atoms with Crippen LogP contribution in [-0.4, -0.2) is 4.98 Å². The number of rotatable bonds is 5. The molecule has 0 aliphatic rings. The fraction of sp³-hybridized carbons (Fsp3) is 0.421. The lowest BCUT2D eigenvalue weighted by molar-refractivity contribution is -0.140. The fourth-order valence-corrected chi connectivity index (χ4v) is 2.73. The molecule has 0 bridgehead atoms. The number of hydrogen-bond acceptors (Lipinski definition) is 1. The van der Waals surface area contributed by atoms with Crippen molar-refractivity contribution in [2.75, 3.05) is 0 Å². The number of aromatic nitrogens is 1. The van der Waals surface area contributed by atoms with Crippen LogP contribution in [0.25, 0.3) is 11.1 Å². The summed E-state index contributed by atoms with van der Waals surface area (Å²) >= 11 is 0. The van der Waals surface area contributed by atoms with Gasteiger partial charge in [0.05, 0.1) is 6.20 Å². The van der Waals surface area contributed by atoms with E-state index >= 15 is 0 Å². The molecule has 24 heavy (non-hydrogen) atoms. The molecule has 0 fully saturated rings. The summed E-state index contributed by atoms with van der Waals surface area (Å²) in [6, 6.07) is 6.11. The number of hydrogen-bond donors (Lipinski definition) is 0. The third kappa shape index (κ3) is 4.13. The van der Waals surface area contributed by atoms with Crippen molar-refractivity contribution in [1.29, 1.82) is 0 Å². The summed E-state index contributed by atoms with van der Waals surface area (Å²) < 4.78 is 53.0. The van der Waals surface area contributed by atoms with Crippen LogP contribution in [-0.2, 0) is 19.0 Å². The molecule has 1 aromatic heterocycles. The summed E-state index contributed by atoms with van der Waals surface area (Å²) in [5, 5.41) is 0. The van der Waals surface area contributed by atoms with Crippen molar-refractivity contribution >= 4 is 0 Å². The van der Waals surface area contributed by atoms with Gasteiger partial charge >= 0.3 is 6.18 Å². The first-order valence-electron chi connectivity index (χ1n) is 8.11. The average Bonchev–Trinajstić information content (AvgIpc) is 2.53. The van der Waals surface area contributed by atoms with E-state index in [1.165, 1.54) is 0 Å². The Kier molecular flexibility index (Phi) is 5.62. The quantitative estimate of drug-likeness (QED) is 0.604. The molecular weight excluding hydrogens is 318 g/mol. The number of aryl methyl sites for hydroxylation is 1. The molecule has 1 unspecified atom stereocenters. The summed E-state index contributed by atoms with van der Waals surface area (Å²) in [5.74, 6) is -0.276. The van der Waals surface area contributed by atoms with Gasteiger partial charge in [-0.3, -0.25) is 0 Å². The van der Waals surface area contributed by atoms with Crippen molar-refractivity contribution in [2.24, 2.45) is 5.92 Å². The second kappa shape index (κ2) is 7.32. The van der Waals surface area contributed by atoms with Crippen LogP contribution in [0.3, 0.4) is 0 Å². The topological polar surface area (TPSA) is 12.9 Å². The van der Waals surface area contributed by atoms with E-state index in [1.54, 1.807) is 12.1 Å². The number of alkyl halides is 3. The molecule has 0 spiro atoms. The maximum atomic E-state index is 13.5. The van der Waals surface area contributed by atoms with Crippen LogP contribution in [0.2, 0.25) is 0 Å². The SMILES string of the molecule is CCc1cc(-c2cc(F)cnc2C(F)(F)F)ccc1CC(C)CC. The zero-order valence-corrected chi connectivity index (χ0v) is 14.0. The molecule has 0 N–H and O–H groups in total. The maximum absolute atomic E-state index is 13.5. The normalized spacial score (nSPS) is 13.1. The molecule has 2 rings (SSSR count). The highest BCUT2D eigenvalue weighted by Crippen LogP contribution is 2.36. The molecule has 1 nitrogen and oxygen atoms in total. The molecule has 0 amide bonds. The van der Waals surface area contributed by atoms with Crippen molar-refractivity contribution in [3.8, 4) is 11.1 Å². The fourth-order valence-electron chi connectivity index (χ4n) is 2.73. The van der Waals surface area contributed by atoms with Gasteiger partial charge in [0.15, 0.2) is 5.69 Å². The molecule has 0 aliphatic heterocycles. The number of halogens is 4. The molecule has 2 aromatic rings. The Labute approximate surface area is 139 Å². The molecule has 0 aliphatic carbocycles. The van der Waals surface area contributed by atoms with E-state index in [4.69, 9.17) is 0 Å². The van der Waals surface area contributed by atoms with Crippen LogP contribution >= 0.6 is 0 Å². The van der Waals surface area contributed by atoms with E-state index < -0.39 is 17.7 Å². The van der Waals surface area contributed by atoms with Gasteiger partial charge in [0.25, 0.3) is 0 Å². The zero-order valence-electron chi connectivity index (χ0n) is 14.0. The largest absolute Gasteiger partial charge is 0.433 e. The van der Waals surface area contributed by atoms with Gasteiger partial charge in [-0.05, 0) is 41.5 Å². The van der Waals surface area contributed by atoms with Crippen molar-refractivity contribution < 1.29 is 17.6 Å². The van der Waals surface area contributed by atoms with Crippen LogP contribution in [0.1, 0.15) is 44.0 Å². The molecule has 0 saturated heterocycles. The first-order chi connectivity index (χ1) is 11.3. The average molecular weight is 339 g/mol. The zero-order chi connectivity index (χ0) is 17.9. The first kappa shape index (κ1) is 18.4. The Hall–Kier alpha value is -1.91. The van der Waals surface area contributed by atoms with Gasteiger partial charge in [-0.25, -0.2) is 9.37 Å². The van der Waals surface area contributed by atoms with Gasteiger partial charge in [-0.1, -0.05) is 45.4 Å². The van der Waals surface area contributed by atoms with E-state index in [9.17, 15) is 17.6 Å². The molecule has 1 heterocycles. The minimum atomic E-state index is -4.62. The highest BCUT2D eigenvalue weighted by molar-refractivity contribution is 5.68. The van der Waals surface area contributed by atoms with Crippen molar-refractivity contribution in [1.82, 2.24) is 4.98 Å². The van der Waals surface area contributed by atoms with Crippen molar-refractivity contribution in [2.45, 2.75) is 46.2 Å². The smallest absolute Gasteiger partial charge is 0.248 e. The van der Waals surface area contributed by atoms with Crippen LogP contribution in [0, 0.1) is 11.7 Å². The van der Waals surface area contributed by atoms with Crippen molar-refractivity contribution in [3.63, 3.8) is 0 Å². The minimum Gasteiger partial charge on any atom is -0.248 e. The standard InChI is InChI=1S/C19H21F4N/c1-4-12(3)8-14-6-7-15(9-13(14)5-2)17-10-16(20)11-24-18(17)19(21,22)23/h6-7,9-12H,4-5,8H2,1-3H3.